The molecule has 27 heavy (non-hydrogen) atoms. The first-order chi connectivity index (χ1) is 12.8. The summed E-state index contributed by atoms with van der Waals surface area (Å²) in [5.41, 5.74) is 3.22. The molecular formula is C19H17F3N4O. The average molecular weight is 374 g/mol. The molecule has 3 aromatic rings. The number of hydrazone groups is 1. The molecule has 1 amide bonds. The van der Waals surface area contributed by atoms with Crippen LogP contribution in [-0.2, 0) is 12.7 Å². The number of carbonyl (C=O) groups is 1. The third-order valence-electron chi connectivity index (χ3n) is 4.15. The van der Waals surface area contributed by atoms with E-state index in [1.807, 2.05) is 18.4 Å². The molecule has 0 atom stereocenters. The van der Waals surface area contributed by atoms with Gasteiger partial charge < -0.3 is 4.57 Å². The van der Waals surface area contributed by atoms with Gasteiger partial charge in [0.25, 0.3) is 5.91 Å². The van der Waals surface area contributed by atoms with E-state index in [2.05, 4.69) is 15.5 Å². The van der Waals surface area contributed by atoms with Crippen LogP contribution in [0.4, 0.5) is 13.2 Å². The smallest absolute Gasteiger partial charge is 0.329 e. The zero-order chi connectivity index (χ0) is 19.6. The van der Waals surface area contributed by atoms with Crippen molar-refractivity contribution in [2.45, 2.75) is 26.6 Å². The minimum atomic E-state index is -4.49. The van der Waals surface area contributed by atoms with Gasteiger partial charge in [-0.25, -0.2) is 10.4 Å². The number of carbonyl (C=O) groups excluding carboxylic acids is 1. The highest BCUT2D eigenvalue weighted by atomic mass is 19.4. The number of rotatable bonds is 4. The summed E-state index contributed by atoms with van der Waals surface area (Å²) in [6.45, 7) is 4.64. The Bertz CT molecular complexity index is 1020. The van der Waals surface area contributed by atoms with Crippen LogP contribution in [0, 0.1) is 6.92 Å². The fourth-order valence-corrected chi connectivity index (χ4v) is 2.88. The number of fused-ring (bicyclic) bond motifs is 1. The molecule has 0 aliphatic carbocycles. The molecule has 0 spiro atoms. The van der Waals surface area contributed by atoms with Crippen LogP contribution in [-0.4, -0.2) is 21.7 Å². The Morgan fingerprint density at radius 2 is 2.00 bits per heavy atom. The number of nitrogens with zero attached hydrogens (tertiary/aromatic N) is 3. The summed E-state index contributed by atoms with van der Waals surface area (Å²) in [6, 6.07) is 10.1. The summed E-state index contributed by atoms with van der Waals surface area (Å²) in [6.07, 6.45) is -3.51. The van der Waals surface area contributed by atoms with Gasteiger partial charge in [-0.3, -0.25) is 4.79 Å². The first-order valence-corrected chi connectivity index (χ1v) is 8.27. The second-order valence-electron chi connectivity index (χ2n) is 5.89. The van der Waals surface area contributed by atoms with Crippen LogP contribution in [0.25, 0.3) is 11.0 Å². The first-order valence-electron chi connectivity index (χ1n) is 8.27. The highest BCUT2D eigenvalue weighted by molar-refractivity contribution is 5.98. The molecule has 2 aromatic carbocycles. The van der Waals surface area contributed by atoms with Gasteiger partial charge in [0.2, 0.25) is 0 Å². The highest BCUT2D eigenvalue weighted by Gasteiger charge is 2.32. The van der Waals surface area contributed by atoms with Gasteiger partial charge in [0.1, 0.15) is 5.82 Å². The summed E-state index contributed by atoms with van der Waals surface area (Å²) < 4.78 is 40.9. The van der Waals surface area contributed by atoms with Crippen LogP contribution in [0.3, 0.4) is 0 Å². The fraction of sp³-hybridized carbons (Fsp3) is 0.211. The van der Waals surface area contributed by atoms with Crippen molar-refractivity contribution in [2.24, 2.45) is 5.10 Å². The van der Waals surface area contributed by atoms with E-state index in [1.54, 1.807) is 18.2 Å². The van der Waals surface area contributed by atoms with E-state index in [0.29, 0.717) is 11.1 Å². The molecule has 8 heteroatoms. The lowest BCUT2D eigenvalue weighted by Gasteiger charge is -2.09. The molecule has 0 aliphatic rings. The van der Waals surface area contributed by atoms with E-state index in [9.17, 15) is 18.0 Å². The number of hydrogen-bond donors (Lipinski definition) is 1. The van der Waals surface area contributed by atoms with Crippen molar-refractivity contribution in [1.29, 1.82) is 0 Å². The zero-order valence-electron chi connectivity index (χ0n) is 14.7. The lowest BCUT2D eigenvalue weighted by Crippen LogP contribution is -2.18. The van der Waals surface area contributed by atoms with Gasteiger partial charge in [-0.2, -0.15) is 18.3 Å². The molecule has 0 radical (unpaired) electrons. The molecule has 0 unspecified atom stereocenters. The normalized spacial score (nSPS) is 12.0. The third-order valence-corrected chi connectivity index (χ3v) is 4.15. The fourth-order valence-electron chi connectivity index (χ4n) is 2.88. The predicted molar refractivity (Wildman–Crippen MR) is 96.6 cm³/mol. The van der Waals surface area contributed by atoms with E-state index >= 15 is 0 Å². The number of aryl methyl sites for hydroxylation is 2. The molecule has 1 heterocycles. The lowest BCUT2D eigenvalue weighted by molar-refractivity contribution is -0.137. The molecule has 1 aromatic heterocycles. The van der Waals surface area contributed by atoms with Crippen molar-refractivity contribution < 1.29 is 18.0 Å². The second-order valence-corrected chi connectivity index (χ2v) is 5.89. The molecule has 0 aliphatic heterocycles. The maximum absolute atomic E-state index is 13.0. The Kier molecular flexibility index (Phi) is 4.98. The number of hydrogen-bond acceptors (Lipinski definition) is 3. The Hall–Kier alpha value is -3.16. The number of alkyl halides is 3. The van der Waals surface area contributed by atoms with Crippen molar-refractivity contribution in [3.05, 3.63) is 65.0 Å². The van der Waals surface area contributed by atoms with E-state index in [4.69, 9.17) is 0 Å². The molecule has 0 fully saturated rings. The topological polar surface area (TPSA) is 59.3 Å². The minimum absolute atomic E-state index is 0.127. The maximum atomic E-state index is 13.0. The van der Waals surface area contributed by atoms with E-state index in [0.717, 1.165) is 30.2 Å². The largest absolute Gasteiger partial charge is 0.417 e. The van der Waals surface area contributed by atoms with Crippen molar-refractivity contribution in [2.75, 3.05) is 0 Å². The summed E-state index contributed by atoms with van der Waals surface area (Å²) >= 11 is 0. The van der Waals surface area contributed by atoms with Crippen molar-refractivity contribution in [1.82, 2.24) is 15.0 Å². The van der Waals surface area contributed by atoms with Crippen LogP contribution in [0.5, 0.6) is 0 Å². The van der Waals surface area contributed by atoms with Crippen molar-refractivity contribution in [3.8, 4) is 0 Å². The third kappa shape index (κ3) is 3.84. The molecule has 0 saturated heterocycles. The van der Waals surface area contributed by atoms with Crippen molar-refractivity contribution >= 4 is 23.2 Å². The number of amides is 1. The SMILES string of the molecule is CCn1c(C)nc2cc(C(=O)NN=Cc3ccccc3C(F)(F)F)ccc21. The zero-order valence-corrected chi connectivity index (χ0v) is 14.7. The molecule has 5 nitrogen and oxygen atoms in total. The quantitative estimate of drug-likeness (QED) is 0.551. The van der Waals surface area contributed by atoms with Gasteiger partial charge in [-0.15, -0.1) is 0 Å². The Morgan fingerprint density at radius 1 is 1.26 bits per heavy atom. The summed E-state index contributed by atoms with van der Waals surface area (Å²) in [5.74, 6) is 0.313. The maximum Gasteiger partial charge on any atom is 0.417 e. The summed E-state index contributed by atoms with van der Waals surface area (Å²) in [5, 5.41) is 3.66. The van der Waals surface area contributed by atoms with Crippen molar-refractivity contribution in [3.63, 3.8) is 0 Å². The van der Waals surface area contributed by atoms with Gasteiger partial charge >= 0.3 is 6.18 Å². The van der Waals surface area contributed by atoms with Gasteiger partial charge in [0.15, 0.2) is 0 Å². The summed E-state index contributed by atoms with van der Waals surface area (Å²) in [4.78, 5) is 16.7. The van der Waals surface area contributed by atoms with Gasteiger partial charge in [-0.1, -0.05) is 18.2 Å². The molecule has 140 valence electrons. The number of aromatic nitrogens is 2. The molecular weight excluding hydrogens is 357 g/mol. The summed E-state index contributed by atoms with van der Waals surface area (Å²) in [7, 11) is 0. The van der Waals surface area contributed by atoms with Crippen LogP contribution >= 0.6 is 0 Å². The van der Waals surface area contributed by atoms with E-state index < -0.39 is 17.6 Å². The Labute approximate surface area is 153 Å². The van der Waals surface area contributed by atoms with Crippen LogP contribution in [0.1, 0.15) is 34.2 Å². The predicted octanol–water partition coefficient (Wildman–Crippen LogP) is 4.15. The Balaban J connectivity index is 1.79. The van der Waals surface area contributed by atoms with Gasteiger partial charge in [-0.05, 0) is 38.1 Å². The second kappa shape index (κ2) is 7.22. The average Bonchev–Trinajstić information content (AvgIpc) is 2.95. The monoisotopic (exact) mass is 374 g/mol. The lowest BCUT2D eigenvalue weighted by atomic mass is 10.1. The van der Waals surface area contributed by atoms with Crippen LogP contribution < -0.4 is 5.43 Å². The van der Waals surface area contributed by atoms with E-state index in [1.165, 1.54) is 18.2 Å². The van der Waals surface area contributed by atoms with Crippen LogP contribution in [0.2, 0.25) is 0 Å². The molecule has 1 N–H and O–H groups in total. The van der Waals surface area contributed by atoms with Gasteiger partial charge in [0, 0.05) is 17.7 Å². The molecule has 0 bridgehead atoms. The number of benzene rings is 2. The molecule has 0 saturated carbocycles. The number of halogens is 3. The molecule has 3 rings (SSSR count). The minimum Gasteiger partial charge on any atom is -0.329 e. The van der Waals surface area contributed by atoms with E-state index in [-0.39, 0.29) is 5.56 Å². The number of imidazole rings is 1. The number of nitrogens with one attached hydrogen (secondary N) is 1. The standard InChI is InChI=1S/C19H17F3N4O/c1-3-26-12(2)24-16-10-13(8-9-17(16)26)18(27)25-23-11-14-6-4-5-7-15(14)19(20,21)22/h4-11H,3H2,1-2H3,(H,25,27). The van der Waals surface area contributed by atoms with Crippen LogP contribution in [0.15, 0.2) is 47.6 Å². The van der Waals surface area contributed by atoms with Gasteiger partial charge in [0.05, 0.1) is 22.8 Å². The Morgan fingerprint density at radius 3 is 2.70 bits per heavy atom. The first kappa shape index (κ1) is 18.6. The highest BCUT2D eigenvalue weighted by Crippen LogP contribution is 2.31.